The molecule has 0 aromatic carbocycles. The maximum atomic E-state index is 12.2. The number of carbonyl (C=O) groups is 1. The summed E-state index contributed by atoms with van der Waals surface area (Å²) in [6.45, 7) is 5.24. The molecule has 0 saturated heterocycles. The van der Waals surface area contributed by atoms with Gasteiger partial charge in [-0.2, -0.15) is 8.42 Å². The summed E-state index contributed by atoms with van der Waals surface area (Å²) in [7, 11) is -4.67. The number of amidine groups is 1. The Morgan fingerprint density at radius 1 is 0.970 bits per heavy atom. The molecular weight excluding hydrogens is 446 g/mol. The van der Waals surface area contributed by atoms with Crippen LogP contribution in [0.3, 0.4) is 0 Å². The van der Waals surface area contributed by atoms with Gasteiger partial charge in [0.25, 0.3) is 0 Å². The highest BCUT2D eigenvalue weighted by Crippen LogP contribution is 2.12. The standard InChI is InChI=1S/C23H42N2O2.H3N.H2O4S/c1-3-4-5-6-7-8-9-10-11-12-13-14-15-16-17-18-22(27)23-24-19-20-25(23)21(2)26;;1-5(2,3)4/h10-11,21,26H,3-9,12-20H2,1-2H3;1H3;(H2,1,2,3,4). The summed E-state index contributed by atoms with van der Waals surface area (Å²) in [5.74, 6) is 0.575. The zero-order valence-electron chi connectivity index (χ0n) is 20.6. The molecule has 0 radical (unpaired) electrons. The third kappa shape index (κ3) is 22.2. The predicted molar refractivity (Wildman–Crippen MR) is 134 cm³/mol. The van der Waals surface area contributed by atoms with Crippen molar-refractivity contribution in [2.24, 2.45) is 4.99 Å². The second-order valence-corrected chi connectivity index (χ2v) is 9.13. The predicted octanol–water partition coefficient (Wildman–Crippen LogP) is 5.15. The minimum atomic E-state index is -4.67. The summed E-state index contributed by atoms with van der Waals surface area (Å²) in [5, 5.41) is 9.66. The summed E-state index contributed by atoms with van der Waals surface area (Å²) < 4.78 is 31.6. The van der Waals surface area contributed by atoms with Crippen molar-refractivity contribution in [3.05, 3.63) is 12.2 Å². The maximum Gasteiger partial charge on any atom is 0.394 e. The van der Waals surface area contributed by atoms with E-state index in [0.717, 1.165) is 12.8 Å². The molecule has 1 atom stereocenters. The van der Waals surface area contributed by atoms with Crippen LogP contribution in [0.25, 0.3) is 0 Å². The van der Waals surface area contributed by atoms with Crippen LogP contribution >= 0.6 is 0 Å². The third-order valence-electron chi connectivity index (χ3n) is 5.24. The molecule has 1 unspecified atom stereocenters. The molecule has 0 spiro atoms. The van der Waals surface area contributed by atoms with E-state index in [1.54, 1.807) is 11.8 Å². The largest absolute Gasteiger partial charge is 0.394 e. The highest BCUT2D eigenvalue weighted by atomic mass is 32.3. The van der Waals surface area contributed by atoms with Gasteiger partial charge in [0.05, 0.1) is 6.54 Å². The molecule has 0 aromatic rings. The SMILES string of the molecule is CCCCCCCCC=CCCCCCCCC(=O)C1=NCCN1C(C)O.N.O=S(=O)(O)O. The van der Waals surface area contributed by atoms with Gasteiger partial charge in [0.1, 0.15) is 6.23 Å². The van der Waals surface area contributed by atoms with Gasteiger partial charge in [-0.25, -0.2) is 0 Å². The first kappa shape index (κ1) is 33.8. The minimum absolute atomic E-state index is 0. The first-order valence-corrected chi connectivity index (χ1v) is 13.4. The van der Waals surface area contributed by atoms with Crippen molar-refractivity contribution in [1.29, 1.82) is 0 Å². The second kappa shape index (κ2) is 21.2. The number of aliphatic hydroxyl groups is 1. The van der Waals surface area contributed by atoms with Gasteiger partial charge in [-0.05, 0) is 39.0 Å². The van der Waals surface area contributed by atoms with Gasteiger partial charge in [0.2, 0.25) is 0 Å². The molecule has 33 heavy (non-hydrogen) atoms. The highest BCUT2D eigenvalue weighted by Gasteiger charge is 2.25. The van der Waals surface area contributed by atoms with E-state index in [4.69, 9.17) is 17.5 Å². The molecule has 9 nitrogen and oxygen atoms in total. The van der Waals surface area contributed by atoms with Crippen LogP contribution in [0.2, 0.25) is 0 Å². The first-order chi connectivity index (χ1) is 15.2. The number of hydrogen-bond donors (Lipinski definition) is 4. The molecule has 1 heterocycles. The monoisotopic (exact) mass is 493 g/mol. The van der Waals surface area contributed by atoms with Crippen molar-refractivity contribution in [3.8, 4) is 0 Å². The Hall–Kier alpha value is -1.33. The lowest BCUT2D eigenvalue weighted by Gasteiger charge is -2.22. The van der Waals surface area contributed by atoms with Crippen molar-refractivity contribution in [3.63, 3.8) is 0 Å². The van der Waals surface area contributed by atoms with E-state index in [0.29, 0.717) is 25.3 Å². The van der Waals surface area contributed by atoms with Gasteiger partial charge < -0.3 is 16.2 Å². The van der Waals surface area contributed by atoms with Gasteiger partial charge in [-0.3, -0.25) is 18.9 Å². The van der Waals surface area contributed by atoms with Crippen LogP contribution < -0.4 is 6.15 Å². The van der Waals surface area contributed by atoms with E-state index in [2.05, 4.69) is 24.1 Å². The molecule has 0 amide bonds. The molecule has 6 N–H and O–H groups in total. The molecule has 0 bridgehead atoms. The fraction of sp³-hybridized carbons (Fsp3) is 0.826. The summed E-state index contributed by atoms with van der Waals surface area (Å²) in [6.07, 6.45) is 21.0. The Kier molecular flexibility index (Phi) is 21.8. The number of aliphatic imine (C=N–C) groups is 1. The van der Waals surface area contributed by atoms with Crippen molar-refractivity contribution < 1.29 is 27.4 Å². The van der Waals surface area contributed by atoms with E-state index in [1.807, 2.05) is 0 Å². The summed E-state index contributed by atoms with van der Waals surface area (Å²) in [4.78, 5) is 18.2. The van der Waals surface area contributed by atoms with E-state index in [1.165, 1.54) is 70.6 Å². The number of aliphatic hydroxyl groups excluding tert-OH is 1. The molecule has 1 aliphatic heterocycles. The number of ketones is 1. The van der Waals surface area contributed by atoms with Crippen LogP contribution in [0.15, 0.2) is 17.1 Å². The number of carbonyl (C=O) groups excluding carboxylic acids is 1. The first-order valence-electron chi connectivity index (χ1n) is 12.0. The Morgan fingerprint density at radius 3 is 1.91 bits per heavy atom. The zero-order chi connectivity index (χ0) is 24.2. The van der Waals surface area contributed by atoms with E-state index < -0.39 is 16.6 Å². The fourth-order valence-electron chi connectivity index (χ4n) is 3.54. The van der Waals surface area contributed by atoms with Gasteiger partial charge in [-0.1, -0.05) is 70.4 Å². The van der Waals surface area contributed by atoms with Crippen molar-refractivity contribution in [2.75, 3.05) is 13.1 Å². The van der Waals surface area contributed by atoms with Gasteiger partial charge in [0.15, 0.2) is 11.6 Å². The summed E-state index contributed by atoms with van der Waals surface area (Å²) >= 11 is 0. The second-order valence-electron chi connectivity index (χ2n) is 8.24. The molecule has 1 rings (SSSR count). The summed E-state index contributed by atoms with van der Waals surface area (Å²) in [5.41, 5.74) is 0. The number of Topliss-reactive ketones (excluding diaryl/α,β-unsaturated/α-hetero) is 1. The molecule has 10 heteroatoms. The molecule has 1 aliphatic rings. The highest BCUT2D eigenvalue weighted by molar-refractivity contribution is 7.79. The molecule has 196 valence electrons. The normalized spacial score (nSPS) is 14.5. The van der Waals surface area contributed by atoms with Crippen molar-refractivity contribution in [2.45, 2.75) is 110 Å². The molecule has 0 aromatic heterocycles. The lowest BCUT2D eigenvalue weighted by Crippen LogP contribution is -2.39. The van der Waals surface area contributed by atoms with Gasteiger partial charge in [-0.15, -0.1) is 0 Å². The van der Waals surface area contributed by atoms with Crippen LogP contribution in [0, 0.1) is 0 Å². The minimum Gasteiger partial charge on any atom is -0.374 e. The third-order valence-corrected chi connectivity index (χ3v) is 5.24. The Morgan fingerprint density at radius 2 is 1.42 bits per heavy atom. The van der Waals surface area contributed by atoms with Crippen LogP contribution in [0.5, 0.6) is 0 Å². The molecule has 0 fully saturated rings. The van der Waals surface area contributed by atoms with Crippen molar-refractivity contribution >= 4 is 22.0 Å². The maximum absolute atomic E-state index is 12.2. The zero-order valence-corrected chi connectivity index (χ0v) is 21.4. The van der Waals surface area contributed by atoms with Crippen LogP contribution in [0.4, 0.5) is 0 Å². The van der Waals surface area contributed by atoms with E-state index >= 15 is 0 Å². The van der Waals surface area contributed by atoms with Crippen LogP contribution in [-0.2, 0) is 15.2 Å². The molecule has 0 aliphatic carbocycles. The smallest absolute Gasteiger partial charge is 0.374 e. The quantitative estimate of drug-likeness (QED) is 0.123. The van der Waals surface area contributed by atoms with Crippen LogP contribution in [0.1, 0.15) is 104 Å². The van der Waals surface area contributed by atoms with Crippen molar-refractivity contribution in [1.82, 2.24) is 11.1 Å². The van der Waals surface area contributed by atoms with E-state index in [-0.39, 0.29) is 11.9 Å². The van der Waals surface area contributed by atoms with E-state index in [9.17, 15) is 9.90 Å². The average molecular weight is 494 g/mol. The topological polar surface area (TPSA) is 162 Å². The lowest BCUT2D eigenvalue weighted by atomic mass is 10.1. The van der Waals surface area contributed by atoms with Crippen LogP contribution in [-0.4, -0.2) is 58.5 Å². The van der Waals surface area contributed by atoms with Gasteiger partial charge in [0, 0.05) is 13.0 Å². The van der Waals surface area contributed by atoms with Gasteiger partial charge >= 0.3 is 10.4 Å². The number of nitrogens with zero attached hydrogens (tertiary/aromatic N) is 2. The Labute approximate surface area is 200 Å². The average Bonchev–Trinajstić information content (AvgIpc) is 3.20. The number of rotatable bonds is 17. The molecule has 0 saturated carbocycles. The molecular formula is C23H47N3O6S. The number of unbranched alkanes of at least 4 members (excludes halogenated alkanes) is 11. The number of hydrogen-bond acceptors (Lipinski definition) is 7. The Bertz CT molecular complexity index is 643. The number of allylic oxidation sites excluding steroid dienone is 2. The fourth-order valence-corrected chi connectivity index (χ4v) is 3.54. The lowest BCUT2D eigenvalue weighted by molar-refractivity contribution is -0.114. The Balaban J connectivity index is 0. The summed E-state index contributed by atoms with van der Waals surface area (Å²) in [6, 6.07) is 0.